The quantitative estimate of drug-likeness (QED) is 0.388. The molecule has 4 rings (SSSR count). The van der Waals surface area contributed by atoms with E-state index in [0.29, 0.717) is 19.4 Å². The molecule has 42 heavy (non-hydrogen) atoms. The van der Waals surface area contributed by atoms with Crippen LogP contribution in [0, 0.1) is 5.92 Å². The average molecular weight is 578 g/mol. The maximum atomic E-state index is 14.0. The zero-order chi connectivity index (χ0) is 30.4. The number of carbonyl (C=O) groups excluding carboxylic acids is 4. The number of hydrogen-bond donors (Lipinski definition) is 3. The van der Waals surface area contributed by atoms with Crippen LogP contribution in [0.15, 0.2) is 48.5 Å². The molecule has 0 radical (unpaired) electrons. The van der Waals surface area contributed by atoms with Gasteiger partial charge in [-0.1, -0.05) is 43.3 Å². The van der Waals surface area contributed by atoms with Crippen LogP contribution in [0.4, 0.5) is 0 Å². The normalized spacial score (nSPS) is 19.8. The molecule has 1 heterocycles. The number of benzene rings is 2. The molecule has 9 heteroatoms. The average Bonchev–Trinajstić information content (AvgIpc) is 3.43. The summed E-state index contributed by atoms with van der Waals surface area (Å²) in [6.45, 7) is 7.32. The molecule has 0 bridgehead atoms. The highest BCUT2D eigenvalue weighted by Crippen LogP contribution is 2.30. The van der Waals surface area contributed by atoms with Gasteiger partial charge in [-0.25, -0.2) is 0 Å². The number of amides is 3. The predicted molar refractivity (Wildman–Crippen MR) is 158 cm³/mol. The predicted octanol–water partition coefficient (Wildman–Crippen LogP) is 3.97. The van der Waals surface area contributed by atoms with Gasteiger partial charge in [0.25, 0.3) is 0 Å². The smallest absolute Gasteiger partial charge is 0.307 e. The third-order valence-corrected chi connectivity index (χ3v) is 7.86. The fourth-order valence-corrected chi connectivity index (χ4v) is 5.78. The molecule has 1 saturated heterocycles. The van der Waals surface area contributed by atoms with E-state index in [1.54, 1.807) is 44.7 Å². The van der Waals surface area contributed by atoms with Gasteiger partial charge in [-0.05, 0) is 81.7 Å². The summed E-state index contributed by atoms with van der Waals surface area (Å²) in [4.78, 5) is 54.7. The number of nitrogens with zero attached hydrogens (tertiary/aromatic N) is 1. The van der Waals surface area contributed by atoms with Gasteiger partial charge in [0.15, 0.2) is 0 Å². The number of aromatic hydroxyl groups is 1. The van der Waals surface area contributed by atoms with Crippen molar-refractivity contribution in [2.24, 2.45) is 5.92 Å². The van der Waals surface area contributed by atoms with E-state index in [2.05, 4.69) is 22.8 Å². The van der Waals surface area contributed by atoms with E-state index in [4.69, 9.17) is 4.74 Å². The number of likely N-dealkylation sites (tertiary alicyclic amines) is 1. The molecular formula is C33H43N3O6. The summed E-state index contributed by atoms with van der Waals surface area (Å²) < 4.78 is 5.36. The van der Waals surface area contributed by atoms with Crippen molar-refractivity contribution in [1.82, 2.24) is 15.5 Å². The first-order valence-corrected chi connectivity index (χ1v) is 14.9. The van der Waals surface area contributed by atoms with Crippen LogP contribution in [-0.4, -0.2) is 57.9 Å². The molecule has 3 amide bonds. The summed E-state index contributed by atoms with van der Waals surface area (Å²) in [7, 11) is 0. The number of hydrogen-bond acceptors (Lipinski definition) is 6. The SMILES string of the molecule is C[C@H](CC(=O)OC(C)(C)C)C(=O)N[C@@H](Cc1ccc(O)cc1)C(=O)N1CCC[C@H]1C(=O)N[C@@H]1CCCc2ccccc21. The van der Waals surface area contributed by atoms with E-state index >= 15 is 0 Å². The Morgan fingerprint density at radius 3 is 2.45 bits per heavy atom. The number of ether oxygens (including phenoxy) is 1. The molecule has 0 spiro atoms. The number of carbonyl (C=O) groups is 4. The molecule has 2 aromatic rings. The van der Waals surface area contributed by atoms with Crippen LogP contribution in [0.1, 0.15) is 82.5 Å². The van der Waals surface area contributed by atoms with Gasteiger partial charge in [-0.15, -0.1) is 0 Å². The summed E-state index contributed by atoms with van der Waals surface area (Å²) in [5, 5.41) is 15.8. The molecule has 4 atom stereocenters. The molecule has 226 valence electrons. The number of fused-ring (bicyclic) bond motifs is 1. The minimum atomic E-state index is -0.952. The van der Waals surface area contributed by atoms with Gasteiger partial charge < -0.3 is 25.4 Å². The Morgan fingerprint density at radius 1 is 1.02 bits per heavy atom. The van der Waals surface area contributed by atoms with Crippen molar-refractivity contribution in [2.75, 3.05) is 6.54 Å². The second-order valence-corrected chi connectivity index (χ2v) is 12.5. The second kappa shape index (κ2) is 13.4. The maximum Gasteiger partial charge on any atom is 0.307 e. The lowest BCUT2D eigenvalue weighted by Gasteiger charge is -2.32. The van der Waals surface area contributed by atoms with Gasteiger partial charge in [-0.2, -0.15) is 0 Å². The highest BCUT2D eigenvalue weighted by molar-refractivity contribution is 5.93. The summed E-state index contributed by atoms with van der Waals surface area (Å²) in [6, 6.07) is 12.9. The molecule has 0 aromatic heterocycles. The van der Waals surface area contributed by atoms with E-state index in [-0.39, 0.29) is 36.4 Å². The third-order valence-electron chi connectivity index (χ3n) is 7.86. The molecule has 1 fully saturated rings. The lowest BCUT2D eigenvalue weighted by Crippen LogP contribution is -2.55. The van der Waals surface area contributed by atoms with Crippen molar-refractivity contribution in [3.8, 4) is 5.75 Å². The van der Waals surface area contributed by atoms with Gasteiger partial charge in [0.1, 0.15) is 23.4 Å². The molecule has 1 aliphatic heterocycles. The van der Waals surface area contributed by atoms with Crippen molar-refractivity contribution in [1.29, 1.82) is 0 Å². The fraction of sp³-hybridized carbons (Fsp3) is 0.515. The van der Waals surface area contributed by atoms with Crippen LogP contribution in [0.5, 0.6) is 5.75 Å². The maximum absolute atomic E-state index is 14.0. The van der Waals surface area contributed by atoms with Gasteiger partial charge in [0, 0.05) is 18.9 Å². The van der Waals surface area contributed by atoms with Crippen molar-refractivity contribution >= 4 is 23.7 Å². The number of phenols is 1. The first-order valence-electron chi connectivity index (χ1n) is 14.9. The van der Waals surface area contributed by atoms with E-state index in [1.165, 1.54) is 17.7 Å². The molecule has 9 nitrogen and oxygen atoms in total. The van der Waals surface area contributed by atoms with Crippen molar-refractivity contribution in [2.45, 2.75) is 96.4 Å². The summed E-state index contributed by atoms with van der Waals surface area (Å²) in [6.07, 6.45) is 4.09. The first-order chi connectivity index (χ1) is 19.9. The molecule has 0 saturated carbocycles. The van der Waals surface area contributed by atoms with E-state index in [1.807, 2.05) is 12.1 Å². The zero-order valence-electron chi connectivity index (χ0n) is 25.0. The van der Waals surface area contributed by atoms with Crippen LogP contribution in [-0.2, 0) is 36.8 Å². The molecule has 2 aromatic carbocycles. The minimum Gasteiger partial charge on any atom is -0.508 e. The van der Waals surface area contributed by atoms with Gasteiger partial charge in [-0.3, -0.25) is 19.2 Å². The van der Waals surface area contributed by atoms with Gasteiger partial charge in [0.05, 0.1) is 12.5 Å². The Bertz CT molecular complexity index is 1290. The van der Waals surface area contributed by atoms with Gasteiger partial charge >= 0.3 is 5.97 Å². The number of esters is 1. The largest absolute Gasteiger partial charge is 0.508 e. The van der Waals surface area contributed by atoms with Crippen LogP contribution >= 0.6 is 0 Å². The van der Waals surface area contributed by atoms with Crippen LogP contribution in [0.3, 0.4) is 0 Å². The first kappa shape index (κ1) is 31.1. The Hall–Kier alpha value is -3.88. The number of aryl methyl sites for hydroxylation is 1. The van der Waals surface area contributed by atoms with Crippen LogP contribution < -0.4 is 10.6 Å². The second-order valence-electron chi connectivity index (χ2n) is 12.5. The highest BCUT2D eigenvalue weighted by atomic mass is 16.6. The van der Waals surface area contributed by atoms with E-state index < -0.39 is 35.5 Å². The van der Waals surface area contributed by atoms with Crippen LogP contribution in [0.2, 0.25) is 0 Å². The summed E-state index contributed by atoms with van der Waals surface area (Å²) in [5.41, 5.74) is 2.44. The lowest BCUT2D eigenvalue weighted by atomic mass is 9.87. The Kier molecular flexibility index (Phi) is 9.91. The molecule has 0 unspecified atom stereocenters. The highest BCUT2D eigenvalue weighted by Gasteiger charge is 2.39. The Labute approximate surface area is 248 Å². The molecule has 1 aliphatic carbocycles. The Morgan fingerprint density at radius 2 is 1.74 bits per heavy atom. The van der Waals surface area contributed by atoms with Gasteiger partial charge in [0.2, 0.25) is 17.7 Å². The number of nitrogens with one attached hydrogen (secondary N) is 2. The third kappa shape index (κ3) is 8.11. The zero-order valence-corrected chi connectivity index (χ0v) is 25.0. The molecular weight excluding hydrogens is 534 g/mol. The number of rotatable bonds is 9. The number of phenolic OH excluding ortho intramolecular Hbond substituents is 1. The Balaban J connectivity index is 1.48. The molecule has 3 N–H and O–H groups in total. The van der Waals surface area contributed by atoms with Crippen LogP contribution in [0.25, 0.3) is 0 Å². The summed E-state index contributed by atoms with van der Waals surface area (Å²) >= 11 is 0. The van der Waals surface area contributed by atoms with E-state index in [9.17, 15) is 24.3 Å². The lowest BCUT2D eigenvalue weighted by molar-refractivity contribution is -0.157. The van der Waals surface area contributed by atoms with Crippen molar-refractivity contribution in [3.05, 3.63) is 65.2 Å². The fourth-order valence-electron chi connectivity index (χ4n) is 5.78. The monoisotopic (exact) mass is 577 g/mol. The molecule has 2 aliphatic rings. The standard InChI is InChI=1S/C33H43N3O6/c1-21(19-29(38)42-33(2,3)4)30(39)35-27(20-22-14-16-24(37)17-15-22)32(41)36-18-8-13-28(36)31(40)34-26-12-7-10-23-9-5-6-11-25(23)26/h5-6,9,11,14-17,21,26-28,37H,7-8,10,12-13,18-20H2,1-4H3,(H,34,40)(H,35,39)/t21-,26-,27+,28+/m1/s1. The topological polar surface area (TPSA) is 125 Å². The summed E-state index contributed by atoms with van der Waals surface area (Å²) in [5.74, 6) is -2.10. The minimum absolute atomic E-state index is 0.0946. The van der Waals surface area contributed by atoms with Crippen molar-refractivity contribution < 1.29 is 29.0 Å². The van der Waals surface area contributed by atoms with Crippen molar-refractivity contribution in [3.63, 3.8) is 0 Å². The van der Waals surface area contributed by atoms with E-state index in [0.717, 1.165) is 30.4 Å².